The maximum Gasteiger partial charge on any atom is 0.261 e. The maximum absolute atomic E-state index is 12.3. The van der Waals surface area contributed by atoms with Gasteiger partial charge in [0.15, 0.2) is 6.10 Å². The van der Waals surface area contributed by atoms with Gasteiger partial charge in [0.05, 0.1) is 0 Å². The summed E-state index contributed by atoms with van der Waals surface area (Å²) < 4.78 is 5.76. The van der Waals surface area contributed by atoms with Crippen molar-refractivity contribution in [3.63, 3.8) is 0 Å². The number of rotatable bonds is 10. The highest BCUT2D eigenvalue weighted by Gasteiger charge is 2.19. The van der Waals surface area contributed by atoms with E-state index >= 15 is 0 Å². The lowest BCUT2D eigenvalue weighted by Gasteiger charge is -2.20. The number of carbonyl (C=O) groups excluding carboxylic acids is 1. The molecule has 2 atom stereocenters. The summed E-state index contributed by atoms with van der Waals surface area (Å²) in [6, 6.07) is 7.15. The van der Waals surface area contributed by atoms with Gasteiger partial charge in [-0.05, 0) is 37.0 Å². The van der Waals surface area contributed by atoms with E-state index in [1.807, 2.05) is 19.1 Å². The molecule has 0 unspecified atom stereocenters. The number of halogens is 1. The highest BCUT2D eigenvalue weighted by molar-refractivity contribution is 6.30. The van der Waals surface area contributed by atoms with Crippen LogP contribution in [0.1, 0.15) is 52.9 Å². The van der Waals surface area contributed by atoms with Crippen LogP contribution in [0.4, 0.5) is 0 Å². The molecule has 22 heavy (non-hydrogen) atoms. The molecule has 0 aromatic heterocycles. The second-order valence-corrected chi connectivity index (χ2v) is 6.07. The highest BCUT2D eigenvalue weighted by atomic mass is 35.5. The Labute approximate surface area is 139 Å². The Morgan fingerprint density at radius 1 is 1.27 bits per heavy atom. The molecule has 0 aliphatic heterocycles. The molecular weight excluding hydrogens is 298 g/mol. The zero-order valence-corrected chi connectivity index (χ0v) is 14.7. The molecular formula is C18H28ClNO2. The predicted octanol–water partition coefficient (Wildman–Crippen LogP) is 4.83. The second-order valence-electron chi connectivity index (χ2n) is 5.63. The molecule has 1 aromatic carbocycles. The molecule has 0 aliphatic carbocycles. The van der Waals surface area contributed by atoms with Gasteiger partial charge in [0.2, 0.25) is 0 Å². The number of hydrogen-bond acceptors (Lipinski definition) is 2. The number of carbonyl (C=O) groups is 1. The van der Waals surface area contributed by atoms with E-state index in [1.54, 1.807) is 12.1 Å². The molecule has 0 saturated carbocycles. The molecule has 0 bridgehead atoms. The van der Waals surface area contributed by atoms with Crippen molar-refractivity contribution in [2.24, 2.45) is 5.92 Å². The lowest BCUT2D eigenvalue weighted by Crippen LogP contribution is -2.40. The SMILES string of the molecule is CCCC[C@H](CC)CNC(=O)[C@@H](CC)Oc1cccc(Cl)c1. The van der Waals surface area contributed by atoms with Crippen LogP contribution >= 0.6 is 11.6 Å². The Bertz CT molecular complexity index is 450. The fraction of sp³-hybridized carbons (Fsp3) is 0.611. The molecule has 1 amide bonds. The van der Waals surface area contributed by atoms with Gasteiger partial charge in [-0.2, -0.15) is 0 Å². The minimum Gasteiger partial charge on any atom is -0.481 e. The molecule has 1 rings (SSSR count). The van der Waals surface area contributed by atoms with Crippen molar-refractivity contribution >= 4 is 17.5 Å². The first kappa shape index (κ1) is 18.8. The smallest absolute Gasteiger partial charge is 0.261 e. The standard InChI is InChI=1S/C18H28ClNO2/c1-4-7-9-14(5-2)13-20-18(21)17(6-3)22-16-11-8-10-15(19)12-16/h8,10-12,14,17H,4-7,9,13H2,1-3H3,(H,20,21)/t14-,17+/m0/s1. The van der Waals surface area contributed by atoms with Gasteiger partial charge in [-0.1, -0.05) is 57.7 Å². The first-order valence-electron chi connectivity index (χ1n) is 8.30. The van der Waals surface area contributed by atoms with Crippen LogP contribution in [0.5, 0.6) is 5.75 Å². The van der Waals surface area contributed by atoms with E-state index in [4.69, 9.17) is 16.3 Å². The Morgan fingerprint density at radius 2 is 2.05 bits per heavy atom. The van der Waals surface area contributed by atoms with Gasteiger partial charge in [0.1, 0.15) is 5.75 Å². The quantitative estimate of drug-likeness (QED) is 0.669. The van der Waals surface area contributed by atoms with Gasteiger partial charge < -0.3 is 10.1 Å². The van der Waals surface area contributed by atoms with Crippen LogP contribution in [0.3, 0.4) is 0 Å². The van der Waals surface area contributed by atoms with Crippen molar-refractivity contribution in [3.05, 3.63) is 29.3 Å². The predicted molar refractivity (Wildman–Crippen MR) is 92.5 cm³/mol. The van der Waals surface area contributed by atoms with Crippen molar-refractivity contribution in [1.29, 1.82) is 0 Å². The van der Waals surface area contributed by atoms with E-state index in [-0.39, 0.29) is 5.91 Å². The molecule has 1 N–H and O–H groups in total. The molecule has 0 radical (unpaired) electrons. The molecule has 0 heterocycles. The number of ether oxygens (including phenoxy) is 1. The van der Waals surface area contributed by atoms with Gasteiger partial charge >= 0.3 is 0 Å². The third-order valence-corrected chi connectivity index (χ3v) is 4.08. The van der Waals surface area contributed by atoms with Gasteiger partial charge in [-0.3, -0.25) is 4.79 Å². The Kier molecular flexibility index (Phi) is 8.98. The number of hydrogen-bond donors (Lipinski definition) is 1. The normalized spacial score (nSPS) is 13.5. The van der Waals surface area contributed by atoms with E-state index in [0.717, 1.165) is 13.0 Å². The molecule has 0 aliphatic rings. The monoisotopic (exact) mass is 325 g/mol. The average molecular weight is 326 g/mol. The Morgan fingerprint density at radius 3 is 2.64 bits per heavy atom. The van der Waals surface area contributed by atoms with Crippen LogP contribution in [-0.2, 0) is 4.79 Å². The molecule has 0 spiro atoms. The first-order valence-corrected chi connectivity index (χ1v) is 8.68. The van der Waals surface area contributed by atoms with Gasteiger partial charge in [0, 0.05) is 11.6 Å². The van der Waals surface area contributed by atoms with E-state index in [0.29, 0.717) is 23.1 Å². The van der Waals surface area contributed by atoms with Crippen LogP contribution < -0.4 is 10.1 Å². The fourth-order valence-electron chi connectivity index (χ4n) is 2.33. The van der Waals surface area contributed by atoms with Crippen LogP contribution in [-0.4, -0.2) is 18.6 Å². The Balaban J connectivity index is 2.50. The number of amides is 1. The zero-order chi connectivity index (χ0) is 16.4. The number of nitrogens with one attached hydrogen (secondary N) is 1. The van der Waals surface area contributed by atoms with Crippen molar-refractivity contribution in [2.75, 3.05) is 6.54 Å². The van der Waals surface area contributed by atoms with Crippen molar-refractivity contribution in [1.82, 2.24) is 5.32 Å². The molecule has 0 fully saturated rings. The van der Waals surface area contributed by atoms with Gasteiger partial charge in [-0.25, -0.2) is 0 Å². The summed E-state index contributed by atoms with van der Waals surface area (Å²) in [6.45, 7) is 7.04. The van der Waals surface area contributed by atoms with Crippen molar-refractivity contribution in [2.45, 2.75) is 59.0 Å². The summed E-state index contributed by atoms with van der Waals surface area (Å²) in [7, 11) is 0. The summed E-state index contributed by atoms with van der Waals surface area (Å²) >= 11 is 5.94. The van der Waals surface area contributed by atoms with E-state index in [9.17, 15) is 4.79 Å². The molecule has 1 aromatic rings. The lowest BCUT2D eigenvalue weighted by molar-refractivity contribution is -0.128. The summed E-state index contributed by atoms with van der Waals surface area (Å²) in [6.07, 6.45) is 4.82. The van der Waals surface area contributed by atoms with Crippen molar-refractivity contribution < 1.29 is 9.53 Å². The van der Waals surface area contributed by atoms with E-state index in [2.05, 4.69) is 19.2 Å². The third-order valence-electron chi connectivity index (χ3n) is 3.85. The first-order chi connectivity index (χ1) is 10.6. The molecule has 3 nitrogen and oxygen atoms in total. The minimum absolute atomic E-state index is 0.0441. The second kappa shape index (κ2) is 10.5. The maximum atomic E-state index is 12.3. The number of unbranched alkanes of at least 4 members (excludes halogenated alkanes) is 1. The largest absolute Gasteiger partial charge is 0.481 e. The minimum atomic E-state index is -0.470. The van der Waals surface area contributed by atoms with Crippen LogP contribution in [0, 0.1) is 5.92 Å². The zero-order valence-electron chi connectivity index (χ0n) is 13.9. The van der Waals surface area contributed by atoms with E-state index < -0.39 is 6.10 Å². The molecule has 0 saturated heterocycles. The average Bonchev–Trinajstić information content (AvgIpc) is 2.52. The van der Waals surface area contributed by atoms with Crippen LogP contribution in [0.25, 0.3) is 0 Å². The van der Waals surface area contributed by atoms with Gasteiger partial charge in [-0.15, -0.1) is 0 Å². The van der Waals surface area contributed by atoms with Crippen LogP contribution in [0.2, 0.25) is 5.02 Å². The van der Waals surface area contributed by atoms with E-state index in [1.165, 1.54) is 19.3 Å². The summed E-state index contributed by atoms with van der Waals surface area (Å²) in [4.78, 5) is 12.3. The molecule has 4 heteroatoms. The molecule has 124 valence electrons. The Hall–Kier alpha value is -1.22. The summed E-state index contributed by atoms with van der Waals surface area (Å²) in [5.74, 6) is 1.14. The summed E-state index contributed by atoms with van der Waals surface area (Å²) in [5, 5.41) is 3.64. The summed E-state index contributed by atoms with van der Waals surface area (Å²) in [5.41, 5.74) is 0. The third kappa shape index (κ3) is 6.69. The lowest BCUT2D eigenvalue weighted by atomic mass is 9.99. The van der Waals surface area contributed by atoms with Crippen LogP contribution in [0.15, 0.2) is 24.3 Å². The topological polar surface area (TPSA) is 38.3 Å². The highest BCUT2D eigenvalue weighted by Crippen LogP contribution is 2.19. The fourth-order valence-corrected chi connectivity index (χ4v) is 2.51. The van der Waals surface area contributed by atoms with Gasteiger partial charge in [0.25, 0.3) is 5.91 Å². The number of benzene rings is 1. The van der Waals surface area contributed by atoms with Crippen molar-refractivity contribution in [3.8, 4) is 5.75 Å².